The van der Waals surface area contributed by atoms with Crippen LogP contribution in [0.1, 0.15) is 37.2 Å². The number of carbonyl (C=O) groups is 1. The first-order valence-corrected chi connectivity index (χ1v) is 11.5. The number of rotatable bonds is 10. The third kappa shape index (κ3) is 5.95. The van der Waals surface area contributed by atoms with Crippen molar-refractivity contribution in [2.75, 3.05) is 13.6 Å². The predicted octanol–water partition coefficient (Wildman–Crippen LogP) is 4.26. The summed E-state index contributed by atoms with van der Waals surface area (Å²) < 4.78 is 13.1. The van der Waals surface area contributed by atoms with Crippen LogP contribution < -0.4 is 5.56 Å². The van der Waals surface area contributed by atoms with Crippen molar-refractivity contribution in [3.05, 3.63) is 82.3 Å². The average Bonchev–Trinajstić information content (AvgIpc) is 3.31. The number of halogens is 1. The van der Waals surface area contributed by atoms with Gasteiger partial charge < -0.3 is 9.88 Å². The number of fused-ring (bicyclic) bond motifs is 1. The second kappa shape index (κ2) is 10.9. The van der Waals surface area contributed by atoms with Gasteiger partial charge >= 0.3 is 0 Å². The number of aryl methyl sites for hydroxylation is 2. The fourth-order valence-electron chi connectivity index (χ4n) is 3.89. The second-order valence-electron chi connectivity index (χ2n) is 8.44. The van der Waals surface area contributed by atoms with E-state index >= 15 is 0 Å². The van der Waals surface area contributed by atoms with Crippen molar-refractivity contribution in [3.8, 4) is 11.3 Å². The summed E-state index contributed by atoms with van der Waals surface area (Å²) in [7, 11) is 1.81. The van der Waals surface area contributed by atoms with E-state index < -0.39 is 0 Å². The Labute approximate surface area is 197 Å². The van der Waals surface area contributed by atoms with Crippen LogP contribution in [0.5, 0.6) is 0 Å². The fourth-order valence-corrected chi connectivity index (χ4v) is 3.89. The van der Waals surface area contributed by atoms with Gasteiger partial charge in [-0.2, -0.15) is 5.10 Å². The average molecular weight is 462 g/mol. The number of aromatic nitrogens is 4. The van der Waals surface area contributed by atoms with Crippen molar-refractivity contribution >= 4 is 16.8 Å². The van der Waals surface area contributed by atoms with Gasteiger partial charge in [0.15, 0.2) is 0 Å². The number of nitrogens with zero attached hydrogens (tertiary/aromatic N) is 3. The van der Waals surface area contributed by atoms with Crippen molar-refractivity contribution in [1.82, 2.24) is 25.1 Å². The number of para-hydroxylation sites is 1. The maximum Gasteiger partial charge on any atom is 0.258 e. The smallest absolute Gasteiger partial charge is 0.258 e. The molecule has 0 aliphatic carbocycles. The van der Waals surface area contributed by atoms with Crippen LogP contribution in [0.2, 0.25) is 0 Å². The number of benzene rings is 2. The molecule has 4 aromatic rings. The van der Waals surface area contributed by atoms with Crippen LogP contribution in [-0.4, -0.2) is 44.6 Å². The lowest BCUT2D eigenvalue weighted by molar-refractivity contribution is -0.129. The fraction of sp³-hybridized carbons (Fsp3) is 0.308. The minimum atomic E-state index is -0.261. The normalized spacial score (nSPS) is 11.1. The lowest BCUT2D eigenvalue weighted by atomic mass is 10.1. The Balaban J connectivity index is 1.17. The highest BCUT2D eigenvalue weighted by atomic mass is 19.1. The van der Waals surface area contributed by atoms with E-state index in [-0.39, 0.29) is 17.3 Å². The Kier molecular flexibility index (Phi) is 7.47. The Bertz CT molecular complexity index is 1310. The molecule has 0 aliphatic rings. The Hall–Kier alpha value is -3.81. The largest absolute Gasteiger partial charge is 0.346 e. The van der Waals surface area contributed by atoms with Gasteiger partial charge in [-0.05, 0) is 61.7 Å². The van der Waals surface area contributed by atoms with Gasteiger partial charge in [0.05, 0.1) is 16.6 Å². The molecule has 0 atom stereocenters. The molecule has 0 radical (unpaired) electrons. The number of H-pyrrole nitrogens is 2. The second-order valence-corrected chi connectivity index (χ2v) is 8.44. The molecule has 34 heavy (non-hydrogen) atoms. The summed E-state index contributed by atoms with van der Waals surface area (Å²) in [4.78, 5) is 33.6. The number of nitrogens with one attached hydrogen (secondary N) is 2. The summed E-state index contributed by atoms with van der Waals surface area (Å²) in [6.45, 7) is 0.685. The Morgan fingerprint density at radius 1 is 1.03 bits per heavy atom. The van der Waals surface area contributed by atoms with Gasteiger partial charge in [0, 0.05) is 37.7 Å². The lowest BCUT2D eigenvalue weighted by Crippen LogP contribution is -2.28. The summed E-state index contributed by atoms with van der Waals surface area (Å²) in [6, 6.07) is 15.5. The molecule has 2 heterocycles. The first kappa shape index (κ1) is 23.4. The molecule has 2 N–H and O–H groups in total. The Morgan fingerprint density at radius 3 is 2.65 bits per heavy atom. The predicted molar refractivity (Wildman–Crippen MR) is 130 cm³/mol. The summed E-state index contributed by atoms with van der Waals surface area (Å²) in [6.07, 6.45) is 4.45. The van der Waals surface area contributed by atoms with Gasteiger partial charge in [0.1, 0.15) is 11.6 Å². The number of amides is 1. The highest BCUT2D eigenvalue weighted by Crippen LogP contribution is 2.19. The first-order valence-electron chi connectivity index (χ1n) is 11.5. The molecule has 0 spiro atoms. The standard InChI is InChI=1S/C26H28FN5O2/c1-32(25(33)15-14-24-28-22-9-5-4-8-21(22)26(34)29-24)16-6-2-3-7-20-17-23(31-30-20)18-10-12-19(27)13-11-18/h4-5,8-13,17H,2-3,6-7,14-16H2,1H3,(H,30,31)(H,28,29,34). The highest BCUT2D eigenvalue weighted by molar-refractivity contribution is 5.78. The first-order chi connectivity index (χ1) is 16.5. The molecule has 0 bridgehead atoms. The maximum absolute atomic E-state index is 13.1. The molecule has 4 rings (SSSR count). The zero-order valence-electron chi connectivity index (χ0n) is 19.2. The number of carbonyl (C=O) groups excluding carboxylic acids is 1. The van der Waals surface area contributed by atoms with Crippen LogP contribution in [-0.2, 0) is 17.6 Å². The summed E-state index contributed by atoms with van der Waals surface area (Å²) in [5.74, 6) is 0.307. The molecular weight excluding hydrogens is 433 g/mol. The number of hydrogen-bond donors (Lipinski definition) is 2. The summed E-state index contributed by atoms with van der Waals surface area (Å²) in [5.41, 5.74) is 3.20. The van der Waals surface area contributed by atoms with E-state index in [1.165, 1.54) is 12.1 Å². The molecule has 0 unspecified atom stereocenters. The molecule has 0 fully saturated rings. The molecule has 8 heteroatoms. The van der Waals surface area contributed by atoms with Gasteiger partial charge in [-0.25, -0.2) is 9.37 Å². The molecule has 176 valence electrons. The van der Waals surface area contributed by atoms with Crippen molar-refractivity contribution in [2.45, 2.75) is 38.5 Å². The zero-order valence-corrected chi connectivity index (χ0v) is 19.2. The maximum atomic E-state index is 13.1. The van der Waals surface area contributed by atoms with E-state index in [0.29, 0.717) is 36.1 Å². The van der Waals surface area contributed by atoms with Crippen molar-refractivity contribution in [2.24, 2.45) is 0 Å². The zero-order chi connectivity index (χ0) is 23.9. The van der Waals surface area contributed by atoms with Gasteiger partial charge in [-0.15, -0.1) is 0 Å². The molecule has 0 saturated heterocycles. The number of unbranched alkanes of at least 4 members (excludes halogenated alkanes) is 2. The monoisotopic (exact) mass is 461 g/mol. The van der Waals surface area contributed by atoms with Crippen LogP contribution in [0.15, 0.2) is 59.4 Å². The third-order valence-electron chi connectivity index (χ3n) is 5.87. The minimum absolute atomic E-state index is 0.0355. The van der Waals surface area contributed by atoms with Crippen LogP contribution in [0.3, 0.4) is 0 Å². The third-order valence-corrected chi connectivity index (χ3v) is 5.87. The van der Waals surface area contributed by atoms with Crippen LogP contribution in [0.25, 0.3) is 22.2 Å². The van der Waals surface area contributed by atoms with Crippen molar-refractivity contribution in [1.29, 1.82) is 0 Å². The van der Waals surface area contributed by atoms with Crippen LogP contribution in [0.4, 0.5) is 4.39 Å². The van der Waals surface area contributed by atoms with Gasteiger partial charge in [0.2, 0.25) is 5.91 Å². The number of aromatic amines is 2. The minimum Gasteiger partial charge on any atom is -0.346 e. The molecule has 2 aromatic heterocycles. The van der Waals surface area contributed by atoms with Crippen molar-refractivity contribution < 1.29 is 9.18 Å². The van der Waals surface area contributed by atoms with Crippen molar-refractivity contribution in [3.63, 3.8) is 0 Å². The molecule has 2 aromatic carbocycles. The van der Waals surface area contributed by atoms with E-state index in [2.05, 4.69) is 20.2 Å². The molecule has 0 saturated carbocycles. The van der Waals surface area contributed by atoms with Gasteiger partial charge in [0.25, 0.3) is 5.56 Å². The van der Waals surface area contributed by atoms with Gasteiger partial charge in [-0.3, -0.25) is 14.7 Å². The van der Waals surface area contributed by atoms with Crippen LogP contribution in [0, 0.1) is 5.82 Å². The SMILES string of the molecule is CN(CCCCCc1cc(-c2ccc(F)cc2)n[nH]1)C(=O)CCc1nc2ccccc2c(=O)[nH]1. The molecule has 0 aliphatic heterocycles. The summed E-state index contributed by atoms with van der Waals surface area (Å²) in [5, 5.41) is 7.90. The van der Waals surface area contributed by atoms with Gasteiger partial charge in [-0.1, -0.05) is 18.6 Å². The quantitative estimate of drug-likeness (QED) is 0.345. The molecule has 7 nitrogen and oxygen atoms in total. The Morgan fingerprint density at radius 2 is 1.82 bits per heavy atom. The highest BCUT2D eigenvalue weighted by Gasteiger charge is 2.11. The lowest BCUT2D eigenvalue weighted by Gasteiger charge is -2.17. The van der Waals surface area contributed by atoms with E-state index in [1.807, 2.05) is 19.2 Å². The van der Waals surface area contributed by atoms with Crippen LogP contribution >= 0.6 is 0 Å². The van der Waals surface area contributed by atoms with E-state index in [0.717, 1.165) is 42.6 Å². The molecular formula is C26H28FN5O2. The topological polar surface area (TPSA) is 94.7 Å². The van der Waals surface area contributed by atoms with E-state index in [4.69, 9.17) is 0 Å². The summed E-state index contributed by atoms with van der Waals surface area (Å²) >= 11 is 0. The van der Waals surface area contributed by atoms with E-state index in [1.54, 1.807) is 35.2 Å². The number of hydrogen-bond acceptors (Lipinski definition) is 4. The van der Waals surface area contributed by atoms with E-state index in [9.17, 15) is 14.0 Å². The molecule has 1 amide bonds.